The maximum absolute atomic E-state index is 13.1. The Morgan fingerprint density at radius 1 is 0.691 bits per heavy atom. The number of amides is 1. The van der Waals surface area contributed by atoms with E-state index >= 15 is 0 Å². The van der Waals surface area contributed by atoms with E-state index in [9.17, 15) is 18.0 Å². The molecule has 0 unspecified atom stereocenters. The Kier molecular flexibility index (Phi) is 17.3. The van der Waals surface area contributed by atoms with Crippen LogP contribution >= 0.6 is 11.6 Å². The molecule has 16 heteroatoms. The van der Waals surface area contributed by atoms with Gasteiger partial charge < -0.3 is 45.4 Å². The van der Waals surface area contributed by atoms with Gasteiger partial charge >= 0.3 is 6.18 Å². The number of quaternary nitrogens is 1. The third-order valence-corrected chi connectivity index (χ3v) is 9.27. The Hall–Kier alpha value is -5.28. The zero-order valence-electron chi connectivity index (χ0n) is 31.2. The Labute approximate surface area is 324 Å². The number of methoxy groups -OCH3 is 3. The molecule has 4 rings (SSSR count). The van der Waals surface area contributed by atoms with Crippen molar-refractivity contribution in [1.29, 1.82) is 0 Å². The number of hydrogen-bond acceptors (Lipinski definition) is 10. The van der Waals surface area contributed by atoms with Crippen LogP contribution in [-0.4, -0.2) is 86.6 Å². The summed E-state index contributed by atoms with van der Waals surface area (Å²) in [5, 5.41) is 11.8. The number of aryl methyl sites for hydroxylation is 3. The van der Waals surface area contributed by atoms with E-state index in [-0.39, 0.29) is 22.5 Å². The van der Waals surface area contributed by atoms with Gasteiger partial charge in [0.25, 0.3) is 5.91 Å². The van der Waals surface area contributed by atoms with E-state index in [0.717, 1.165) is 86.4 Å². The van der Waals surface area contributed by atoms with Gasteiger partial charge in [0, 0.05) is 19.3 Å². The smallest absolute Gasteiger partial charge is 0.430 e. The highest BCUT2D eigenvalue weighted by Crippen LogP contribution is 2.21. The number of carbonyl (C=O) groups excluding carboxylic acids is 2. The molecule has 1 heterocycles. The van der Waals surface area contributed by atoms with Crippen LogP contribution in [0, 0.1) is 0 Å². The molecule has 0 saturated carbocycles. The Morgan fingerprint density at radius 3 is 1.38 bits per heavy atom. The van der Waals surface area contributed by atoms with Crippen LogP contribution in [0.5, 0.6) is 17.2 Å². The minimum absolute atomic E-state index is 0.00743. The molecular weight excluding hydrogens is 741 g/mol. The van der Waals surface area contributed by atoms with Crippen LogP contribution in [0.3, 0.4) is 0 Å². The molecule has 0 aliphatic heterocycles. The summed E-state index contributed by atoms with van der Waals surface area (Å²) in [5.41, 5.74) is 15.5. The second kappa shape index (κ2) is 21.6. The van der Waals surface area contributed by atoms with E-state index in [0.29, 0.717) is 6.54 Å². The third-order valence-electron chi connectivity index (χ3n) is 8.99. The van der Waals surface area contributed by atoms with Crippen molar-refractivity contribution < 1.29 is 46.6 Å². The molecule has 0 radical (unpaired) electrons. The maximum atomic E-state index is 13.1. The van der Waals surface area contributed by atoms with E-state index < -0.39 is 18.1 Å². The van der Waals surface area contributed by atoms with Gasteiger partial charge in [-0.05, 0) is 72.4 Å². The fourth-order valence-corrected chi connectivity index (χ4v) is 6.13. The molecule has 0 fully saturated rings. The first-order valence-corrected chi connectivity index (χ1v) is 17.9. The number of aromatic nitrogens is 2. The molecule has 3 aromatic carbocycles. The largest absolute Gasteiger partial charge is 0.542 e. The number of nitrogen functional groups attached to an aromatic ring is 2. The number of benzene rings is 3. The Bertz CT molecular complexity index is 1670. The fraction of sp³-hybridized carbons (Fsp3) is 0.385. The number of rotatable bonds is 19. The molecule has 55 heavy (non-hydrogen) atoms. The topological polar surface area (TPSA) is 175 Å². The van der Waals surface area contributed by atoms with Crippen LogP contribution < -0.4 is 36.1 Å². The standard InChI is InChI=1S/C37H47ClN6O4.C2HF3O2/c1-46-30-16-10-27(11-17-30)7-4-23-44(24-5-8-28-12-18-31(47-2)19-13-28,25-6-9-29-14-20-32(48-3)21-15-29)26-22-41-37(45)33-35(39)43-36(40)34(38)42-33;3-2(4,5)1(6)7/h10-21H,4-9,22-26H2,1-3H3,(H4-,39,40,41,43,45);(H,6,7). The van der Waals surface area contributed by atoms with Crippen molar-refractivity contribution in [3.8, 4) is 17.2 Å². The quantitative estimate of drug-likeness (QED) is 0.109. The molecule has 298 valence electrons. The molecule has 5 N–H and O–H groups in total. The maximum Gasteiger partial charge on any atom is 0.430 e. The summed E-state index contributed by atoms with van der Waals surface area (Å²) in [4.78, 5) is 30.0. The number of alkyl halides is 3. The number of nitrogens with one attached hydrogen (secondary N) is 1. The van der Waals surface area contributed by atoms with E-state index in [4.69, 9.17) is 47.2 Å². The van der Waals surface area contributed by atoms with Gasteiger partial charge in [-0.2, -0.15) is 13.2 Å². The summed E-state index contributed by atoms with van der Waals surface area (Å²) in [6.07, 6.45) is 0.641. The third kappa shape index (κ3) is 14.8. The number of carbonyl (C=O) groups is 2. The normalized spacial score (nSPS) is 11.3. The SMILES string of the molecule is COc1ccc(CCC[N+](CCCc2ccc(OC)cc2)(CCCc2ccc(OC)cc2)CCNC(=O)c2nc(Cl)c(N)nc2N)cc1.O=C([O-])C(F)(F)F. The lowest BCUT2D eigenvalue weighted by atomic mass is 10.0. The number of anilines is 2. The van der Waals surface area contributed by atoms with Crippen molar-refractivity contribution in [2.75, 3.05) is 65.5 Å². The van der Waals surface area contributed by atoms with Crippen LogP contribution in [0.15, 0.2) is 72.8 Å². The molecule has 12 nitrogen and oxygen atoms in total. The van der Waals surface area contributed by atoms with Crippen LogP contribution in [0.25, 0.3) is 0 Å². The first-order valence-electron chi connectivity index (χ1n) is 17.6. The monoisotopic (exact) mass is 788 g/mol. The predicted molar refractivity (Wildman–Crippen MR) is 203 cm³/mol. The number of ether oxygens (including phenoxy) is 3. The number of nitrogens with zero attached hydrogens (tertiary/aromatic N) is 3. The summed E-state index contributed by atoms with van der Waals surface area (Å²) < 4.78 is 48.4. The van der Waals surface area contributed by atoms with Gasteiger partial charge in [0.2, 0.25) is 0 Å². The number of halogens is 4. The minimum Gasteiger partial charge on any atom is -0.542 e. The summed E-state index contributed by atoms with van der Waals surface area (Å²) in [6, 6.07) is 24.8. The Morgan fingerprint density at radius 2 is 1.05 bits per heavy atom. The zero-order chi connectivity index (χ0) is 40.4. The van der Waals surface area contributed by atoms with Gasteiger partial charge in [0.05, 0.1) is 54.1 Å². The van der Waals surface area contributed by atoms with Crippen molar-refractivity contribution in [2.45, 2.75) is 44.7 Å². The number of carboxylic acid groups (broad SMARTS) is 1. The van der Waals surface area contributed by atoms with Gasteiger partial charge in [-0.25, -0.2) is 9.97 Å². The first-order chi connectivity index (χ1) is 26.2. The fourth-order valence-electron chi connectivity index (χ4n) is 6.00. The number of carboxylic acids is 1. The number of aliphatic carboxylic acids is 1. The summed E-state index contributed by atoms with van der Waals surface area (Å²) in [7, 11) is 5.04. The lowest BCUT2D eigenvalue weighted by molar-refractivity contribution is -0.927. The van der Waals surface area contributed by atoms with Gasteiger partial charge in [-0.3, -0.25) is 4.79 Å². The molecule has 4 aromatic rings. The van der Waals surface area contributed by atoms with Crippen LogP contribution in [0.4, 0.5) is 24.8 Å². The van der Waals surface area contributed by atoms with Crippen molar-refractivity contribution in [1.82, 2.24) is 15.3 Å². The van der Waals surface area contributed by atoms with E-state index in [1.54, 1.807) is 21.3 Å². The first kappa shape index (κ1) is 44.1. The summed E-state index contributed by atoms with van der Waals surface area (Å²) >= 11 is 6.05. The number of hydrogen-bond donors (Lipinski definition) is 3. The van der Waals surface area contributed by atoms with Gasteiger partial charge in [0.1, 0.15) is 23.2 Å². The highest BCUT2D eigenvalue weighted by Gasteiger charge is 2.29. The van der Waals surface area contributed by atoms with Crippen LogP contribution in [0.2, 0.25) is 5.15 Å². The summed E-state index contributed by atoms with van der Waals surface area (Å²) in [5.74, 6) is -0.930. The average molecular weight is 789 g/mol. The predicted octanol–water partition coefficient (Wildman–Crippen LogP) is 5.06. The molecule has 0 aliphatic rings. The minimum atomic E-state index is -5.19. The van der Waals surface area contributed by atoms with Crippen molar-refractivity contribution in [3.05, 3.63) is 100 Å². The highest BCUT2D eigenvalue weighted by atomic mass is 35.5. The average Bonchev–Trinajstić information content (AvgIpc) is 3.17. The highest BCUT2D eigenvalue weighted by molar-refractivity contribution is 6.31. The summed E-state index contributed by atoms with van der Waals surface area (Å²) in [6.45, 7) is 4.07. The van der Waals surface area contributed by atoms with E-state index in [2.05, 4.69) is 51.7 Å². The number of nitrogens with two attached hydrogens (primary N) is 2. The molecule has 0 bridgehead atoms. The lowest BCUT2D eigenvalue weighted by Gasteiger charge is -2.39. The van der Waals surface area contributed by atoms with Crippen molar-refractivity contribution in [2.24, 2.45) is 0 Å². The van der Waals surface area contributed by atoms with Crippen LogP contribution in [-0.2, 0) is 24.1 Å². The molecule has 0 saturated heterocycles. The molecule has 0 atom stereocenters. The van der Waals surface area contributed by atoms with Gasteiger partial charge in [-0.1, -0.05) is 48.0 Å². The molecule has 0 aliphatic carbocycles. The molecular formula is C39H48ClF3N6O6. The van der Waals surface area contributed by atoms with E-state index in [1.165, 1.54) is 16.7 Å². The van der Waals surface area contributed by atoms with Gasteiger partial charge in [0.15, 0.2) is 22.5 Å². The molecule has 1 amide bonds. The second-order valence-electron chi connectivity index (χ2n) is 12.8. The Balaban J connectivity index is 0.00000106. The van der Waals surface area contributed by atoms with Crippen LogP contribution in [0.1, 0.15) is 46.4 Å². The molecule has 1 aromatic heterocycles. The van der Waals surface area contributed by atoms with Gasteiger partial charge in [-0.15, -0.1) is 0 Å². The van der Waals surface area contributed by atoms with Crippen molar-refractivity contribution >= 4 is 35.1 Å². The molecule has 0 spiro atoms. The zero-order valence-corrected chi connectivity index (χ0v) is 31.9. The lowest BCUT2D eigenvalue weighted by Crippen LogP contribution is -2.54. The van der Waals surface area contributed by atoms with Crippen molar-refractivity contribution in [3.63, 3.8) is 0 Å². The van der Waals surface area contributed by atoms with E-state index in [1.807, 2.05) is 36.4 Å². The second-order valence-corrected chi connectivity index (χ2v) is 13.1.